The minimum absolute atomic E-state index is 0.0994. The molecule has 5 rings (SSSR count). The number of rotatable bonds is 0. The summed E-state index contributed by atoms with van der Waals surface area (Å²) in [4.78, 5) is 12.5. The van der Waals surface area contributed by atoms with E-state index < -0.39 is 0 Å². The van der Waals surface area contributed by atoms with E-state index >= 15 is 0 Å². The first kappa shape index (κ1) is 14.0. The molecule has 4 saturated carbocycles. The molecular weight excluding hydrogens is 272 g/mol. The highest BCUT2D eigenvalue weighted by atomic mass is 16.6. The predicted molar refractivity (Wildman–Crippen MR) is 85.4 cm³/mol. The van der Waals surface area contributed by atoms with Gasteiger partial charge in [-0.15, -0.1) is 0 Å². The number of carbonyl (C=O) groups is 1. The highest BCUT2D eigenvalue weighted by molar-refractivity contribution is 5.85. The van der Waals surface area contributed by atoms with Crippen LogP contribution in [0.5, 0.6) is 0 Å². The summed E-state index contributed by atoms with van der Waals surface area (Å²) < 4.78 is 5.99. The first-order valence-electron chi connectivity index (χ1n) is 9.50. The maximum atomic E-state index is 12.5. The first-order valence-corrected chi connectivity index (χ1v) is 9.50. The fourth-order valence-electron chi connectivity index (χ4n) is 8.06. The SMILES string of the molecule is CC1(C)C(=O)CC[C@]2(C)[C@@H]1CC[C@@]13C[C@@H](CC[C@H]12)[C@@]1(CO1)C3. The van der Waals surface area contributed by atoms with Gasteiger partial charge < -0.3 is 4.74 Å². The molecule has 1 saturated heterocycles. The van der Waals surface area contributed by atoms with Crippen LogP contribution >= 0.6 is 0 Å². The lowest BCUT2D eigenvalue weighted by molar-refractivity contribution is -0.165. The van der Waals surface area contributed by atoms with E-state index in [0.717, 1.165) is 31.3 Å². The first-order chi connectivity index (χ1) is 10.3. The van der Waals surface area contributed by atoms with Gasteiger partial charge in [0, 0.05) is 11.8 Å². The van der Waals surface area contributed by atoms with Crippen molar-refractivity contribution in [2.75, 3.05) is 6.61 Å². The quantitative estimate of drug-likeness (QED) is 0.622. The van der Waals surface area contributed by atoms with Gasteiger partial charge in [0.1, 0.15) is 5.78 Å². The zero-order valence-corrected chi connectivity index (χ0v) is 14.4. The van der Waals surface area contributed by atoms with Gasteiger partial charge in [0.15, 0.2) is 0 Å². The molecule has 2 spiro atoms. The summed E-state index contributed by atoms with van der Waals surface area (Å²) in [6.07, 6.45) is 10.1. The Bertz CT molecular complexity index is 546. The van der Waals surface area contributed by atoms with Gasteiger partial charge in [-0.2, -0.15) is 0 Å². The Morgan fingerprint density at radius 3 is 2.55 bits per heavy atom. The Balaban J connectivity index is 1.55. The molecule has 1 aliphatic heterocycles. The molecule has 0 aromatic rings. The highest BCUT2D eigenvalue weighted by Crippen LogP contribution is 2.74. The molecule has 2 nitrogen and oxygen atoms in total. The summed E-state index contributed by atoms with van der Waals surface area (Å²) in [6, 6.07) is 0. The van der Waals surface area contributed by atoms with Crippen LogP contribution in [-0.2, 0) is 9.53 Å². The Morgan fingerprint density at radius 2 is 1.82 bits per heavy atom. The lowest BCUT2D eigenvalue weighted by Gasteiger charge is -2.63. The number of hydrogen-bond acceptors (Lipinski definition) is 2. The largest absolute Gasteiger partial charge is 0.369 e. The molecule has 0 amide bonds. The Labute approximate surface area is 134 Å². The minimum atomic E-state index is -0.0994. The second-order valence-electron chi connectivity index (χ2n) is 10.2. The van der Waals surface area contributed by atoms with E-state index in [2.05, 4.69) is 20.8 Å². The van der Waals surface area contributed by atoms with Crippen molar-refractivity contribution >= 4 is 5.78 Å². The monoisotopic (exact) mass is 302 g/mol. The van der Waals surface area contributed by atoms with Crippen LogP contribution in [0.3, 0.4) is 0 Å². The summed E-state index contributed by atoms with van der Waals surface area (Å²) in [7, 11) is 0. The molecule has 2 heteroatoms. The third-order valence-electron chi connectivity index (χ3n) is 9.11. The standard InChI is InChI=1S/C20H30O2/c1-17(2)14-6-9-19-10-13(20(11-19)12-22-20)4-5-15(19)18(14,3)8-7-16(17)21/h13-15H,4-12H2,1-3H3/t13-,14-,15+,18-,19+,20+/m1/s1. The second-order valence-corrected chi connectivity index (χ2v) is 10.2. The van der Waals surface area contributed by atoms with E-state index in [-0.39, 0.29) is 5.41 Å². The van der Waals surface area contributed by atoms with Gasteiger partial charge >= 0.3 is 0 Å². The zero-order chi connectivity index (χ0) is 15.4. The Morgan fingerprint density at radius 1 is 1.05 bits per heavy atom. The number of ketones is 1. The topological polar surface area (TPSA) is 29.6 Å². The summed E-state index contributed by atoms with van der Waals surface area (Å²) in [5.74, 6) is 2.81. The molecule has 4 aliphatic carbocycles. The zero-order valence-electron chi connectivity index (χ0n) is 14.4. The van der Waals surface area contributed by atoms with Gasteiger partial charge in [0.25, 0.3) is 0 Å². The van der Waals surface area contributed by atoms with Crippen LogP contribution in [-0.4, -0.2) is 18.0 Å². The highest BCUT2D eigenvalue weighted by Gasteiger charge is 2.71. The summed E-state index contributed by atoms with van der Waals surface area (Å²) in [5, 5.41) is 0. The molecule has 2 bridgehead atoms. The molecule has 5 fully saturated rings. The van der Waals surface area contributed by atoms with E-state index in [0.29, 0.717) is 28.1 Å². The lowest BCUT2D eigenvalue weighted by Crippen LogP contribution is -2.58. The van der Waals surface area contributed by atoms with Crippen molar-refractivity contribution in [3.63, 3.8) is 0 Å². The van der Waals surface area contributed by atoms with Crippen molar-refractivity contribution in [3.8, 4) is 0 Å². The second kappa shape index (κ2) is 3.82. The Hall–Kier alpha value is -0.370. The van der Waals surface area contributed by atoms with E-state index in [1.54, 1.807) is 0 Å². The molecule has 0 N–H and O–H groups in total. The third kappa shape index (κ3) is 1.45. The maximum absolute atomic E-state index is 12.5. The summed E-state index contributed by atoms with van der Waals surface area (Å²) >= 11 is 0. The molecule has 0 radical (unpaired) electrons. The molecule has 1 heterocycles. The fraction of sp³-hybridized carbons (Fsp3) is 0.950. The number of Topliss-reactive ketones (excluding diaryl/α,β-unsaturated/α-hetero) is 1. The van der Waals surface area contributed by atoms with E-state index in [1.807, 2.05) is 0 Å². The molecule has 0 unspecified atom stereocenters. The average molecular weight is 302 g/mol. The van der Waals surface area contributed by atoms with Crippen molar-refractivity contribution in [2.45, 2.75) is 77.7 Å². The van der Waals surface area contributed by atoms with E-state index in [4.69, 9.17) is 4.74 Å². The minimum Gasteiger partial charge on any atom is -0.369 e. The molecule has 0 aromatic heterocycles. The van der Waals surface area contributed by atoms with Crippen LogP contribution in [0.4, 0.5) is 0 Å². The van der Waals surface area contributed by atoms with Gasteiger partial charge in [0.2, 0.25) is 0 Å². The van der Waals surface area contributed by atoms with Crippen LogP contribution < -0.4 is 0 Å². The van der Waals surface area contributed by atoms with E-state index in [1.165, 1.54) is 38.5 Å². The van der Waals surface area contributed by atoms with Gasteiger partial charge in [-0.1, -0.05) is 20.8 Å². The van der Waals surface area contributed by atoms with Crippen LogP contribution in [0.25, 0.3) is 0 Å². The fourth-order valence-corrected chi connectivity index (χ4v) is 8.06. The number of carbonyl (C=O) groups excluding carboxylic acids is 1. The Kier molecular flexibility index (Phi) is 2.43. The van der Waals surface area contributed by atoms with Gasteiger partial charge in [-0.3, -0.25) is 4.79 Å². The number of fused-ring (bicyclic) bond motifs is 4. The lowest BCUT2D eigenvalue weighted by atomic mass is 9.41. The molecule has 0 aromatic carbocycles. The van der Waals surface area contributed by atoms with Crippen molar-refractivity contribution in [1.29, 1.82) is 0 Å². The average Bonchev–Trinajstić information content (AvgIpc) is 3.19. The van der Waals surface area contributed by atoms with Gasteiger partial charge in [-0.05, 0) is 73.5 Å². The van der Waals surface area contributed by atoms with Gasteiger partial charge in [0.05, 0.1) is 12.2 Å². The van der Waals surface area contributed by atoms with Crippen molar-refractivity contribution in [2.24, 2.45) is 34.0 Å². The summed E-state index contributed by atoms with van der Waals surface area (Å²) in [5.41, 5.74) is 1.15. The van der Waals surface area contributed by atoms with Crippen molar-refractivity contribution in [1.82, 2.24) is 0 Å². The molecule has 5 aliphatic rings. The molecule has 22 heavy (non-hydrogen) atoms. The normalized spacial score (nSPS) is 58.3. The predicted octanol–water partition coefficient (Wildman–Crippen LogP) is 4.37. The summed E-state index contributed by atoms with van der Waals surface area (Å²) in [6.45, 7) is 8.06. The smallest absolute Gasteiger partial charge is 0.138 e. The van der Waals surface area contributed by atoms with Crippen molar-refractivity contribution in [3.05, 3.63) is 0 Å². The van der Waals surface area contributed by atoms with Crippen LogP contribution in [0.15, 0.2) is 0 Å². The molecule has 6 atom stereocenters. The van der Waals surface area contributed by atoms with Crippen LogP contribution in [0, 0.1) is 34.0 Å². The maximum Gasteiger partial charge on any atom is 0.138 e. The van der Waals surface area contributed by atoms with Crippen LogP contribution in [0.1, 0.15) is 72.1 Å². The number of ether oxygens (including phenoxy) is 1. The number of epoxide rings is 1. The van der Waals surface area contributed by atoms with Crippen molar-refractivity contribution < 1.29 is 9.53 Å². The van der Waals surface area contributed by atoms with E-state index in [9.17, 15) is 4.79 Å². The van der Waals surface area contributed by atoms with Gasteiger partial charge in [-0.25, -0.2) is 0 Å². The van der Waals surface area contributed by atoms with Crippen LogP contribution in [0.2, 0.25) is 0 Å². The number of hydrogen-bond donors (Lipinski definition) is 0. The third-order valence-corrected chi connectivity index (χ3v) is 9.11. The molecular formula is C20H30O2. The molecule has 122 valence electrons.